The Hall–Kier alpha value is -1.14. The summed E-state index contributed by atoms with van der Waals surface area (Å²) in [7, 11) is 0. The van der Waals surface area contributed by atoms with Crippen molar-refractivity contribution in [1.82, 2.24) is 10.3 Å². The first-order chi connectivity index (χ1) is 9.33. The molecular weight excluding hydrogens is 351 g/mol. The Bertz CT molecular complexity index is 570. The first-order valence-corrected chi connectivity index (χ1v) is 7.50. The molecule has 3 rings (SSSR count). The average Bonchev–Trinajstić information content (AvgIpc) is 3.24. The minimum Gasteiger partial charge on any atom is -0.438 e. The minimum absolute atomic E-state index is 0.685. The molecule has 0 bridgehead atoms. The smallest absolute Gasteiger partial charge is 0.223 e. The summed E-state index contributed by atoms with van der Waals surface area (Å²) in [5.41, 5.74) is 1.11. The van der Waals surface area contributed by atoms with E-state index in [2.05, 4.69) is 39.0 Å². The second kappa shape index (κ2) is 5.88. The highest BCUT2D eigenvalue weighted by Gasteiger charge is 2.20. The SMILES string of the molecule is Ic1ccccc1Oc1ncccc1CNC1CC1. The van der Waals surface area contributed by atoms with Gasteiger partial charge >= 0.3 is 0 Å². The molecule has 0 unspecified atom stereocenters. The fraction of sp³-hybridized carbons (Fsp3) is 0.267. The molecule has 0 atom stereocenters. The van der Waals surface area contributed by atoms with Gasteiger partial charge in [0.2, 0.25) is 5.88 Å². The fourth-order valence-electron chi connectivity index (χ4n) is 1.82. The normalized spacial score (nSPS) is 14.4. The molecular formula is C15H15IN2O. The predicted molar refractivity (Wildman–Crippen MR) is 83.3 cm³/mol. The molecule has 1 aromatic carbocycles. The van der Waals surface area contributed by atoms with Crippen LogP contribution in [0.2, 0.25) is 0 Å². The van der Waals surface area contributed by atoms with Gasteiger partial charge < -0.3 is 10.1 Å². The lowest BCUT2D eigenvalue weighted by molar-refractivity contribution is 0.450. The van der Waals surface area contributed by atoms with E-state index in [1.165, 1.54) is 12.8 Å². The number of benzene rings is 1. The highest BCUT2D eigenvalue weighted by atomic mass is 127. The van der Waals surface area contributed by atoms with Gasteiger partial charge in [0.25, 0.3) is 0 Å². The van der Waals surface area contributed by atoms with Crippen LogP contribution in [0.5, 0.6) is 11.6 Å². The van der Waals surface area contributed by atoms with Crippen molar-refractivity contribution in [1.29, 1.82) is 0 Å². The summed E-state index contributed by atoms with van der Waals surface area (Å²) in [6.45, 7) is 0.817. The van der Waals surface area contributed by atoms with E-state index < -0.39 is 0 Å². The second-order valence-electron chi connectivity index (χ2n) is 4.66. The zero-order valence-electron chi connectivity index (χ0n) is 10.5. The maximum atomic E-state index is 5.93. The Morgan fingerprint density at radius 3 is 2.84 bits per heavy atom. The van der Waals surface area contributed by atoms with Gasteiger partial charge in [-0.05, 0) is 53.6 Å². The zero-order valence-corrected chi connectivity index (χ0v) is 12.6. The lowest BCUT2D eigenvalue weighted by Crippen LogP contribution is -2.16. The van der Waals surface area contributed by atoms with Crippen molar-refractivity contribution < 1.29 is 4.74 Å². The molecule has 1 fully saturated rings. The summed E-state index contributed by atoms with van der Waals surface area (Å²) in [6.07, 6.45) is 4.34. The second-order valence-corrected chi connectivity index (χ2v) is 5.82. The predicted octanol–water partition coefficient (Wildman–Crippen LogP) is 3.73. The minimum atomic E-state index is 0.685. The average molecular weight is 366 g/mol. The van der Waals surface area contributed by atoms with Crippen LogP contribution in [0.3, 0.4) is 0 Å². The summed E-state index contributed by atoms with van der Waals surface area (Å²) in [6, 6.07) is 12.7. The number of rotatable bonds is 5. The molecule has 0 aliphatic heterocycles. The zero-order chi connectivity index (χ0) is 13.1. The van der Waals surface area contributed by atoms with Crippen LogP contribution >= 0.6 is 22.6 Å². The maximum absolute atomic E-state index is 5.93. The molecule has 0 saturated heterocycles. The van der Waals surface area contributed by atoms with Crippen LogP contribution in [0.25, 0.3) is 0 Å². The topological polar surface area (TPSA) is 34.1 Å². The Balaban J connectivity index is 1.77. The molecule has 98 valence electrons. The highest BCUT2D eigenvalue weighted by molar-refractivity contribution is 14.1. The van der Waals surface area contributed by atoms with Gasteiger partial charge in [-0.2, -0.15) is 0 Å². The molecule has 0 amide bonds. The van der Waals surface area contributed by atoms with Crippen molar-refractivity contribution in [2.75, 3.05) is 0 Å². The van der Waals surface area contributed by atoms with Crippen molar-refractivity contribution in [3.8, 4) is 11.6 Å². The molecule has 1 aromatic heterocycles. The quantitative estimate of drug-likeness (QED) is 0.819. The number of pyridine rings is 1. The summed E-state index contributed by atoms with van der Waals surface area (Å²) in [5.74, 6) is 1.55. The summed E-state index contributed by atoms with van der Waals surface area (Å²) >= 11 is 2.27. The van der Waals surface area contributed by atoms with E-state index in [1.807, 2.05) is 30.3 Å². The maximum Gasteiger partial charge on any atom is 0.223 e. The molecule has 1 aliphatic carbocycles. The number of ether oxygens (including phenoxy) is 1. The molecule has 1 aliphatic rings. The van der Waals surface area contributed by atoms with E-state index in [-0.39, 0.29) is 0 Å². The van der Waals surface area contributed by atoms with Gasteiger partial charge in [-0.25, -0.2) is 4.98 Å². The molecule has 19 heavy (non-hydrogen) atoms. The number of nitrogens with zero attached hydrogens (tertiary/aromatic N) is 1. The standard InChI is InChI=1S/C15H15IN2O/c16-13-5-1-2-6-14(13)19-15-11(4-3-9-17-15)10-18-12-7-8-12/h1-6,9,12,18H,7-8,10H2. The molecule has 1 N–H and O–H groups in total. The van der Waals surface area contributed by atoms with Gasteiger partial charge in [0, 0.05) is 24.3 Å². The van der Waals surface area contributed by atoms with E-state index in [9.17, 15) is 0 Å². The van der Waals surface area contributed by atoms with Crippen LogP contribution in [-0.4, -0.2) is 11.0 Å². The van der Waals surface area contributed by atoms with Gasteiger partial charge in [-0.1, -0.05) is 18.2 Å². The van der Waals surface area contributed by atoms with Crippen LogP contribution in [-0.2, 0) is 6.54 Å². The van der Waals surface area contributed by atoms with E-state index >= 15 is 0 Å². The van der Waals surface area contributed by atoms with Crippen LogP contribution in [0, 0.1) is 3.57 Å². The third-order valence-electron chi connectivity index (χ3n) is 3.05. The molecule has 3 nitrogen and oxygen atoms in total. The summed E-state index contributed by atoms with van der Waals surface area (Å²) in [4.78, 5) is 4.35. The Morgan fingerprint density at radius 1 is 1.21 bits per heavy atom. The van der Waals surface area contributed by atoms with Crippen LogP contribution in [0.15, 0.2) is 42.6 Å². The van der Waals surface area contributed by atoms with Gasteiger partial charge in [0.1, 0.15) is 5.75 Å². The molecule has 0 radical (unpaired) electrons. The van der Waals surface area contributed by atoms with Crippen molar-refractivity contribution in [2.24, 2.45) is 0 Å². The number of hydrogen-bond acceptors (Lipinski definition) is 3. The Morgan fingerprint density at radius 2 is 2.05 bits per heavy atom. The Labute approximate surface area is 126 Å². The van der Waals surface area contributed by atoms with Crippen molar-refractivity contribution in [3.63, 3.8) is 0 Å². The third kappa shape index (κ3) is 3.45. The largest absolute Gasteiger partial charge is 0.438 e. The monoisotopic (exact) mass is 366 g/mol. The number of halogens is 1. The van der Waals surface area contributed by atoms with Crippen LogP contribution in [0.1, 0.15) is 18.4 Å². The van der Waals surface area contributed by atoms with Gasteiger partial charge in [0.05, 0.1) is 3.57 Å². The first-order valence-electron chi connectivity index (χ1n) is 6.42. The molecule has 1 heterocycles. The lowest BCUT2D eigenvalue weighted by Gasteiger charge is -2.11. The Kier molecular flexibility index (Phi) is 3.98. The molecule has 1 saturated carbocycles. The van der Waals surface area contributed by atoms with E-state index in [1.54, 1.807) is 6.20 Å². The van der Waals surface area contributed by atoms with Gasteiger partial charge in [0.15, 0.2) is 0 Å². The molecule has 0 spiro atoms. The van der Waals surface area contributed by atoms with E-state index in [4.69, 9.17) is 4.74 Å². The highest BCUT2D eigenvalue weighted by Crippen LogP contribution is 2.28. The number of hydrogen-bond donors (Lipinski definition) is 1. The summed E-state index contributed by atoms with van der Waals surface area (Å²) in [5, 5.41) is 3.49. The first kappa shape index (κ1) is 12.9. The lowest BCUT2D eigenvalue weighted by atomic mass is 10.2. The van der Waals surface area contributed by atoms with Gasteiger partial charge in [-0.3, -0.25) is 0 Å². The number of nitrogens with one attached hydrogen (secondary N) is 1. The van der Waals surface area contributed by atoms with Crippen molar-refractivity contribution in [2.45, 2.75) is 25.4 Å². The van der Waals surface area contributed by atoms with E-state index in [0.717, 1.165) is 21.4 Å². The van der Waals surface area contributed by atoms with Crippen molar-refractivity contribution >= 4 is 22.6 Å². The molecule has 2 aromatic rings. The molecule has 4 heteroatoms. The number of aromatic nitrogens is 1. The fourth-order valence-corrected chi connectivity index (χ4v) is 2.32. The van der Waals surface area contributed by atoms with Gasteiger partial charge in [-0.15, -0.1) is 0 Å². The van der Waals surface area contributed by atoms with Crippen LogP contribution < -0.4 is 10.1 Å². The van der Waals surface area contributed by atoms with E-state index in [0.29, 0.717) is 11.9 Å². The number of para-hydroxylation sites is 1. The van der Waals surface area contributed by atoms with Crippen molar-refractivity contribution in [3.05, 3.63) is 51.7 Å². The van der Waals surface area contributed by atoms with Crippen LogP contribution in [0.4, 0.5) is 0 Å². The third-order valence-corrected chi connectivity index (χ3v) is 3.94. The summed E-state index contributed by atoms with van der Waals surface area (Å²) < 4.78 is 7.02.